The molecule has 0 saturated heterocycles. The Hall–Kier alpha value is -1.74. The van der Waals surface area contributed by atoms with Gasteiger partial charge >= 0.3 is 0 Å². The highest BCUT2D eigenvalue weighted by molar-refractivity contribution is 5.24. The third-order valence-corrected chi connectivity index (χ3v) is 4.32. The summed E-state index contributed by atoms with van der Waals surface area (Å²) in [7, 11) is 0. The van der Waals surface area contributed by atoms with Crippen molar-refractivity contribution >= 4 is 0 Å². The van der Waals surface area contributed by atoms with Crippen molar-refractivity contribution in [3.8, 4) is 0 Å². The molecule has 2 aromatic rings. The average molecular weight is 287 g/mol. The molecule has 0 heterocycles. The van der Waals surface area contributed by atoms with E-state index in [-0.39, 0.29) is 6.04 Å². The summed E-state index contributed by atoms with van der Waals surface area (Å²) in [5.74, 6) is -0.417. The minimum absolute atomic E-state index is 0.104. The maximum Gasteiger partial charge on any atom is 0.130 e. The molecule has 1 atom stereocenters. The van der Waals surface area contributed by atoms with E-state index in [0.717, 1.165) is 18.9 Å². The van der Waals surface area contributed by atoms with Crippen molar-refractivity contribution in [2.45, 2.75) is 37.8 Å². The van der Waals surface area contributed by atoms with E-state index in [0.29, 0.717) is 17.5 Å². The Bertz CT molecular complexity index is 606. The fourth-order valence-electron chi connectivity index (χ4n) is 3.05. The molecule has 1 unspecified atom stereocenters. The van der Waals surface area contributed by atoms with E-state index >= 15 is 0 Å². The minimum atomic E-state index is -0.531. The van der Waals surface area contributed by atoms with Gasteiger partial charge in [-0.05, 0) is 37.3 Å². The first-order chi connectivity index (χ1) is 10.1. The molecule has 0 aromatic heterocycles. The van der Waals surface area contributed by atoms with Crippen molar-refractivity contribution in [1.82, 2.24) is 5.32 Å². The summed E-state index contributed by atoms with van der Waals surface area (Å²) in [6.45, 7) is 1.92. The Morgan fingerprint density at radius 2 is 1.76 bits per heavy atom. The van der Waals surface area contributed by atoms with E-state index in [1.807, 2.05) is 13.0 Å². The summed E-state index contributed by atoms with van der Waals surface area (Å²) in [5, 5.41) is 3.43. The summed E-state index contributed by atoms with van der Waals surface area (Å²) < 4.78 is 26.7. The van der Waals surface area contributed by atoms with Crippen molar-refractivity contribution < 1.29 is 8.78 Å². The van der Waals surface area contributed by atoms with Gasteiger partial charge in [-0.1, -0.05) is 36.4 Å². The minimum Gasteiger partial charge on any atom is -0.307 e. The first-order valence-corrected chi connectivity index (χ1v) is 7.39. The maximum absolute atomic E-state index is 13.7. The molecule has 1 aliphatic rings. The molecule has 1 saturated carbocycles. The standard InChI is InChI=1S/C18H19F2N/c1-12(17-8-7-15(19)11-18(17)20)21-16-9-14(10-16)13-5-3-2-4-6-13/h2-8,11-12,14,16,21H,9-10H2,1H3. The van der Waals surface area contributed by atoms with Crippen molar-refractivity contribution in [3.63, 3.8) is 0 Å². The Balaban J connectivity index is 1.57. The molecule has 0 spiro atoms. The highest BCUT2D eigenvalue weighted by Gasteiger charge is 2.31. The van der Waals surface area contributed by atoms with Gasteiger partial charge in [-0.25, -0.2) is 8.78 Å². The number of hydrogen-bond donors (Lipinski definition) is 1. The maximum atomic E-state index is 13.7. The largest absolute Gasteiger partial charge is 0.307 e. The summed E-state index contributed by atoms with van der Waals surface area (Å²) in [6, 6.07) is 14.5. The van der Waals surface area contributed by atoms with Gasteiger partial charge in [-0.2, -0.15) is 0 Å². The molecule has 1 N–H and O–H groups in total. The Morgan fingerprint density at radius 1 is 1.05 bits per heavy atom. The topological polar surface area (TPSA) is 12.0 Å². The predicted molar refractivity (Wildman–Crippen MR) is 80.1 cm³/mol. The van der Waals surface area contributed by atoms with Crippen LogP contribution in [0.25, 0.3) is 0 Å². The molecule has 1 aliphatic carbocycles. The predicted octanol–water partition coefficient (Wildman–Crippen LogP) is 4.56. The zero-order valence-corrected chi connectivity index (χ0v) is 12.0. The molecule has 0 aliphatic heterocycles. The number of hydrogen-bond acceptors (Lipinski definition) is 1. The van der Waals surface area contributed by atoms with E-state index in [1.54, 1.807) is 0 Å². The quantitative estimate of drug-likeness (QED) is 0.869. The van der Waals surface area contributed by atoms with Crippen LogP contribution in [0.3, 0.4) is 0 Å². The third kappa shape index (κ3) is 3.13. The number of rotatable bonds is 4. The molecule has 1 nitrogen and oxygen atoms in total. The lowest BCUT2D eigenvalue weighted by molar-refractivity contribution is 0.269. The van der Waals surface area contributed by atoms with Crippen LogP contribution in [0.5, 0.6) is 0 Å². The van der Waals surface area contributed by atoms with Gasteiger partial charge in [0.1, 0.15) is 11.6 Å². The lowest BCUT2D eigenvalue weighted by Crippen LogP contribution is -2.41. The van der Waals surface area contributed by atoms with Crippen molar-refractivity contribution in [3.05, 3.63) is 71.3 Å². The zero-order valence-electron chi connectivity index (χ0n) is 12.0. The van der Waals surface area contributed by atoms with Crippen LogP contribution in [-0.2, 0) is 0 Å². The van der Waals surface area contributed by atoms with Crippen molar-refractivity contribution in [1.29, 1.82) is 0 Å². The van der Waals surface area contributed by atoms with Crippen molar-refractivity contribution in [2.24, 2.45) is 0 Å². The molecular weight excluding hydrogens is 268 g/mol. The van der Waals surface area contributed by atoms with Gasteiger partial charge in [0.2, 0.25) is 0 Å². The number of halogens is 2. The molecule has 0 amide bonds. The average Bonchev–Trinajstić information content (AvgIpc) is 2.43. The second-order valence-electron chi connectivity index (χ2n) is 5.83. The van der Waals surface area contributed by atoms with Crippen LogP contribution in [0.15, 0.2) is 48.5 Å². The fourth-order valence-corrected chi connectivity index (χ4v) is 3.05. The summed E-state index contributed by atoms with van der Waals surface area (Å²) in [4.78, 5) is 0. The van der Waals surface area contributed by atoms with Crippen LogP contribution in [0.4, 0.5) is 8.78 Å². The Kier molecular flexibility index (Phi) is 4.02. The first-order valence-electron chi connectivity index (χ1n) is 7.39. The fraction of sp³-hybridized carbons (Fsp3) is 0.333. The second-order valence-corrected chi connectivity index (χ2v) is 5.83. The third-order valence-electron chi connectivity index (χ3n) is 4.32. The summed E-state index contributed by atoms with van der Waals surface area (Å²) in [5.41, 5.74) is 1.90. The summed E-state index contributed by atoms with van der Waals surface area (Å²) in [6.07, 6.45) is 2.13. The molecule has 1 fully saturated rings. The van der Waals surface area contributed by atoms with Crippen LogP contribution in [0.1, 0.15) is 42.9 Å². The zero-order chi connectivity index (χ0) is 14.8. The molecule has 3 rings (SSSR count). The number of benzene rings is 2. The van der Waals surface area contributed by atoms with Gasteiger partial charge in [-0.15, -0.1) is 0 Å². The first kappa shape index (κ1) is 14.2. The van der Waals surface area contributed by atoms with Gasteiger partial charge in [0.25, 0.3) is 0 Å². The highest BCUT2D eigenvalue weighted by Crippen LogP contribution is 2.37. The molecule has 3 heteroatoms. The van der Waals surface area contributed by atoms with Crippen LogP contribution in [0.2, 0.25) is 0 Å². The normalized spacial score (nSPS) is 22.6. The van der Waals surface area contributed by atoms with Crippen LogP contribution >= 0.6 is 0 Å². The van der Waals surface area contributed by atoms with Crippen LogP contribution in [-0.4, -0.2) is 6.04 Å². The SMILES string of the molecule is CC(NC1CC(c2ccccc2)C1)c1ccc(F)cc1F. The van der Waals surface area contributed by atoms with Gasteiger partial charge in [0.05, 0.1) is 0 Å². The Morgan fingerprint density at radius 3 is 2.43 bits per heavy atom. The lowest BCUT2D eigenvalue weighted by atomic mass is 9.75. The number of nitrogens with one attached hydrogen (secondary N) is 1. The van der Waals surface area contributed by atoms with E-state index in [9.17, 15) is 8.78 Å². The van der Waals surface area contributed by atoms with Gasteiger partial charge < -0.3 is 5.32 Å². The van der Waals surface area contributed by atoms with Gasteiger partial charge in [0.15, 0.2) is 0 Å². The van der Waals surface area contributed by atoms with Crippen molar-refractivity contribution in [2.75, 3.05) is 0 Å². The highest BCUT2D eigenvalue weighted by atomic mass is 19.1. The van der Waals surface area contributed by atoms with Gasteiger partial charge in [-0.3, -0.25) is 0 Å². The molecule has 0 bridgehead atoms. The van der Waals surface area contributed by atoms with E-state index in [2.05, 4.69) is 29.6 Å². The molecule has 21 heavy (non-hydrogen) atoms. The lowest BCUT2D eigenvalue weighted by Gasteiger charge is -2.38. The van der Waals surface area contributed by atoms with Crippen LogP contribution < -0.4 is 5.32 Å². The monoisotopic (exact) mass is 287 g/mol. The molecule has 110 valence electrons. The molecule has 0 radical (unpaired) electrons. The molecular formula is C18H19F2N. The van der Waals surface area contributed by atoms with Gasteiger partial charge in [0, 0.05) is 23.7 Å². The molecule has 2 aromatic carbocycles. The van der Waals surface area contributed by atoms with E-state index in [4.69, 9.17) is 0 Å². The second kappa shape index (κ2) is 5.94. The van der Waals surface area contributed by atoms with E-state index < -0.39 is 11.6 Å². The van der Waals surface area contributed by atoms with E-state index in [1.165, 1.54) is 17.7 Å². The smallest absolute Gasteiger partial charge is 0.130 e. The van der Waals surface area contributed by atoms with Crippen LogP contribution in [0, 0.1) is 11.6 Å². The Labute approximate surface area is 124 Å². The summed E-state index contributed by atoms with van der Waals surface area (Å²) >= 11 is 0.